The molecule has 26 heavy (non-hydrogen) atoms. The van der Waals surface area contributed by atoms with Crippen LogP contribution in [0.2, 0.25) is 5.02 Å². The number of amides is 1. The third kappa shape index (κ3) is 2.88. The molecule has 0 spiro atoms. The summed E-state index contributed by atoms with van der Waals surface area (Å²) in [5.74, 6) is 0.770. The maximum absolute atomic E-state index is 13.2. The van der Waals surface area contributed by atoms with Crippen LogP contribution in [0.25, 0.3) is 0 Å². The summed E-state index contributed by atoms with van der Waals surface area (Å²) < 4.78 is 5.25. The van der Waals surface area contributed by atoms with Crippen LogP contribution in [-0.2, 0) is 4.79 Å². The fourth-order valence-electron chi connectivity index (χ4n) is 3.97. The predicted molar refractivity (Wildman–Crippen MR) is 106 cm³/mol. The summed E-state index contributed by atoms with van der Waals surface area (Å²) in [5.41, 5.74) is 1.95. The second-order valence-corrected chi connectivity index (χ2v) is 7.86. The number of fused-ring (bicyclic) bond motifs is 1. The van der Waals surface area contributed by atoms with Crippen LogP contribution in [0.5, 0.6) is 5.75 Å². The average Bonchev–Trinajstić information content (AvgIpc) is 3.24. The lowest BCUT2D eigenvalue weighted by Crippen LogP contribution is -2.32. The number of methoxy groups -OCH3 is 1. The minimum absolute atomic E-state index is 0.0406. The van der Waals surface area contributed by atoms with E-state index in [4.69, 9.17) is 16.3 Å². The van der Waals surface area contributed by atoms with Crippen LogP contribution in [0.4, 0.5) is 5.69 Å². The van der Waals surface area contributed by atoms with Gasteiger partial charge in [0.15, 0.2) is 0 Å². The molecule has 0 aromatic heterocycles. The van der Waals surface area contributed by atoms with Crippen LogP contribution in [0.1, 0.15) is 24.6 Å². The molecule has 0 saturated carbocycles. The first-order chi connectivity index (χ1) is 12.6. The smallest absolute Gasteiger partial charge is 0.246 e. The summed E-state index contributed by atoms with van der Waals surface area (Å²) in [6.45, 7) is 0.936. The molecule has 2 aromatic rings. The fourth-order valence-corrected chi connectivity index (χ4v) is 4.63. The van der Waals surface area contributed by atoms with Gasteiger partial charge in [-0.05, 0) is 55.0 Å². The first-order valence-corrected chi connectivity index (χ1v) is 10.3. The van der Waals surface area contributed by atoms with Crippen molar-refractivity contribution >= 4 is 35.0 Å². The third-order valence-electron chi connectivity index (χ3n) is 5.20. The quantitative estimate of drug-likeness (QED) is 0.718. The number of thioether (sulfide) groups is 1. The molecule has 2 saturated heterocycles. The summed E-state index contributed by atoms with van der Waals surface area (Å²) in [6, 6.07) is 14.0. The van der Waals surface area contributed by atoms with Gasteiger partial charge in [0.1, 0.15) is 11.9 Å². The molecule has 2 unspecified atom stereocenters. The standard InChI is InChI=1S/C20H21ClN2O2S/c1-25-18-10-7-14(12-16(18)21)23-19(13-5-8-15(26-2)9-6-13)22-11-3-4-17(22)20(23)24/h5-10,12,17,19H,3-4,11H2,1-2H3. The molecule has 0 radical (unpaired) electrons. The Morgan fingerprint density at radius 2 is 1.96 bits per heavy atom. The largest absolute Gasteiger partial charge is 0.495 e. The number of anilines is 1. The van der Waals surface area contributed by atoms with Gasteiger partial charge < -0.3 is 4.74 Å². The molecule has 2 atom stereocenters. The molecule has 0 aliphatic carbocycles. The van der Waals surface area contributed by atoms with Crippen molar-refractivity contribution in [2.75, 3.05) is 24.8 Å². The summed E-state index contributed by atoms with van der Waals surface area (Å²) in [6.07, 6.45) is 3.96. The van der Waals surface area contributed by atoms with E-state index in [1.54, 1.807) is 18.9 Å². The molecular weight excluding hydrogens is 368 g/mol. The first-order valence-electron chi connectivity index (χ1n) is 8.70. The van der Waals surface area contributed by atoms with E-state index < -0.39 is 0 Å². The zero-order valence-electron chi connectivity index (χ0n) is 14.8. The Morgan fingerprint density at radius 1 is 1.19 bits per heavy atom. The van der Waals surface area contributed by atoms with Gasteiger partial charge >= 0.3 is 0 Å². The van der Waals surface area contributed by atoms with Gasteiger partial charge in [0, 0.05) is 17.1 Å². The maximum atomic E-state index is 13.2. The van der Waals surface area contributed by atoms with Gasteiger partial charge in [-0.15, -0.1) is 11.8 Å². The molecule has 0 bridgehead atoms. The van der Waals surface area contributed by atoms with Crippen LogP contribution < -0.4 is 9.64 Å². The molecule has 4 rings (SSSR count). The Bertz CT molecular complexity index is 827. The predicted octanol–water partition coefficient (Wildman–Crippen LogP) is 4.58. The van der Waals surface area contributed by atoms with E-state index in [1.807, 2.05) is 23.1 Å². The lowest BCUT2D eigenvalue weighted by molar-refractivity contribution is -0.119. The van der Waals surface area contributed by atoms with E-state index in [0.29, 0.717) is 10.8 Å². The summed E-state index contributed by atoms with van der Waals surface area (Å²) in [5, 5.41) is 0.515. The van der Waals surface area contributed by atoms with Crippen LogP contribution in [0, 0.1) is 0 Å². The van der Waals surface area contributed by atoms with Crippen molar-refractivity contribution in [2.24, 2.45) is 0 Å². The Morgan fingerprint density at radius 3 is 2.62 bits per heavy atom. The van der Waals surface area contributed by atoms with E-state index in [-0.39, 0.29) is 18.1 Å². The van der Waals surface area contributed by atoms with E-state index in [2.05, 4.69) is 35.4 Å². The molecule has 2 aromatic carbocycles. The van der Waals surface area contributed by atoms with Crippen molar-refractivity contribution in [1.29, 1.82) is 0 Å². The summed E-state index contributed by atoms with van der Waals surface area (Å²) >= 11 is 8.05. The minimum atomic E-state index is -0.0876. The van der Waals surface area contributed by atoms with Gasteiger partial charge in [0.2, 0.25) is 5.91 Å². The molecule has 2 fully saturated rings. The van der Waals surface area contributed by atoms with Gasteiger partial charge in [0.05, 0.1) is 18.2 Å². The van der Waals surface area contributed by atoms with Crippen molar-refractivity contribution in [3.63, 3.8) is 0 Å². The third-order valence-corrected chi connectivity index (χ3v) is 6.24. The molecule has 2 heterocycles. The molecule has 2 aliphatic heterocycles. The van der Waals surface area contributed by atoms with Crippen molar-refractivity contribution < 1.29 is 9.53 Å². The van der Waals surface area contributed by atoms with Crippen molar-refractivity contribution in [3.8, 4) is 5.75 Å². The molecule has 4 nitrogen and oxygen atoms in total. The Hall–Kier alpha value is -1.69. The topological polar surface area (TPSA) is 32.8 Å². The first kappa shape index (κ1) is 17.7. The van der Waals surface area contributed by atoms with Crippen LogP contribution in [-0.4, -0.2) is 36.8 Å². The lowest BCUT2D eigenvalue weighted by Gasteiger charge is -2.30. The van der Waals surface area contributed by atoms with Crippen molar-refractivity contribution in [1.82, 2.24) is 4.90 Å². The molecular formula is C20H21ClN2O2S. The SMILES string of the molecule is COc1ccc(N2C(=O)C3CCCN3C2c2ccc(SC)cc2)cc1Cl. The normalized spacial score (nSPS) is 22.7. The number of halogens is 1. The average molecular weight is 389 g/mol. The Balaban J connectivity index is 1.77. The number of carbonyl (C=O) groups is 1. The lowest BCUT2D eigenvalue weighted by atomic mass is 10.1. The van der Waals surface area contributed by atoms with E-state index in [0.717, 1.165) is 30.6 Å². The Labute approximate surface area is 163 Å². The van der Waals surface area contributed by atoms with E-state index in [1.165, 1.54) is 4.90 Å². The zero-order chi connectivity index (χ0) is 18.3. The second kappa shape index (κ2) is 7.14. The maximum Gasteiger partial charge on any atom is 0.246 e. The number of benzene rings is 2. The highest BCUT2D eigenvalue weighted by Gasteiger charge is 2.49. The summed E-state index contributed by atoms with van der Waals surface area (Å²) in [7, 11) is 1.59. The van der Waals surface area contributed by atoms with E-state index in [9.17, 15) is 4.79 Å². The van der Waals surface area contributed by atoms with E-state index >= 15 is 0 Å². The van der Waals surface area contributed by atoms with Crippen LogP contribution in [0.3, 0.4) is 0 Å². The summed E-state index contributed by atoms with van der Waals surface area (Å²) in [4.78, 5) is 18.6. The number of rotatable bonds is 4. The second-order valence-electron chi connectivity index (χ2n) is 6.57. The molecule has 136 valence electrons. The number of hydrogen-bond donors (Lipinski definition) is 0. The minimum Gasteiger partial charge on any atom is -0.495 e. The molecule has 0 N–H and O–H groups in total. The van der Waals surface area contributed by atoms with Crippen LogP contribution >= 0.6 is 23.4 Å². The van der Waals surface area contributed by atoms with Crippen molar-refractivity contribution in [2.45, 2.75) is 29.9 Å². The highest BCUT2D eigenvalue weighted by molar-refractivity contribution is 7.98. The van der Waals surface area contributed by atoms with Gasteiger partial charge in [-0.1, -0.05) is 23.7 Å². The molecule has 6 heteroatoms. The van der Waals surface area contributed by atoms with Crippen molar-refractivity contribution in [3.05, 3.63) is 53.1 Å². The monoisotopic (exact) mass is 388 g/mol. The van der Waals surface area contributed by atoms with Gasteiger partial charge in [0.25, 0.3) is 0 Å². The number of hydrogen-bond acceptors (Lipinski definition) is 4. The molecule has 2 aliphatic rings. The van der Waals surface area contributed by atoms with Gasteiger partial charge in [-0.25, -0.2) is 0 Å². The van der Waals surface area contributed by atoms with Crippen LogP contribution in [0.15, 0.2) is 47.4 Å². The molecule has 1 amide bonds. The Kier molecular flexibility index (Phi) is 4.86. The van der Waals surface area contributed by atoms with Gasteiger partial charge in [-0.3, -0.25) is 14.6 Å². The number of ether oxygens (including phenoxy) is 1. The highest BCUT2D eigenvalue weighted by Crippen LogP contribution is 2.43. The number of nitrogens with zero attached hydrogens (tertiary/aromatic N) is 2. The highest BCUT2D eigenvalue weighted by atomic mass is 35.5. The fraction of sp³-hybridized carbons (Fsp3) is 0.350. The number of carbonyl (C=O) groups excluding carboxylic acids is 1. The van der Waals surface area contributed by atoms with Gasteiger partial charge in [-0.2, -0.15) is 0 Å². The zero-order valence-corrected chi connectivity index (χ0v) is 16.4.